The molecule has 0 atom stereocenters. The van der Waals surface area contributed by atoms with Gasteiger partial charge in [0.1, 0.15) is 0 Å². The monoisotopic (exact) mass is 314 g/mol. The van der Waals surface area contributed by atoms with Gasteiger partial charge in [-0.05, 0) is 27.7 Å². The van der Waals surface area contributed by atoms with Gasteiger partial charge < -0.3 is 9.05 Å². The highest BCUT2D eigenvalue weighted by Crippen LogP contribution is 1.97. The second kappa shape index (κ2) is 5.16. The molecule has 11 nitrogen and oxygen atoms in total. The summed E-state index contributed by atoms with van der Waals surface area (Å²) < 4.78 is 10.5. The molecule has 0 aliphatic carbocycles. The van der Waals surface area contributed by atoms with Crippen molar-refractivity contribution < 1.29 is 13.8 Å². The van der Waals surface area contributed by atoms with E-state index < -0.39 is 41.0 Å². The topological polar surface area (TPSA) is 131 Å². The van der Waals surface area contributed by atoms with Crippen LogP contribution in [0.3, 0.4) is 0 Å². The van der Waals surface area contributed by atoms with Crippen LogP contribution in [0.15, 0.2) is 28.2 Å². The number of hydrogen-bond acceptors (Lipinski definition) is 7. The zero-order chi connectivity index (χ0) is 16.8. The van der Waals surface area contributed by atoms with Gasteiger partial charge in [-0.2, -0.15) is 0 Å². The van der Waals surface area contributed by atoms with E-state index in [2.05, 4.69) is 9.05 Å². The van der Waals surface area contributed by atoms with Crippen LogP contribution in [-0.4, -0.2) is 24.6 Å². The average Bonchev–Trinajstić information content (AvgIpc) is 2.85. The summed E-state index contributed by atoms with van der Waals surface area (Å²) in [7, 11) is 0. The molecule has 2 aromatic heterocycles. The average molecular weight is 314 g/mol. The van der Waals surface area contributed by atoms with Crippen molar-refractivity contribution in [2.45, 2.75) is 39.8 Å². The Morgan fingerprint density at radius 1 is 0.773 bits per heavy atom. The fourth-order valence-corrected chi connectivity index (χ4v) is 1.86. The largest absolute Gasteiger partial charge is 0.443 e. The van der Waals surface area contributed by atoms with Crippen LogP contribution in [0.4, 0.5) is 4.79 Å². The summed E-state index contributed by atoms with van der Waals surface area (Å²) in [4.78, 5) is 59.1. The lowest BCUT2D eigenvalue weighted by atomic mass is 10.4. The zero-order valence-corrected chi connectivity index (χ0v) is 12.3. The quantitative estimate of drug-likeness (QED) is 0.708. The molecule has 0 spiro atoms. The molecule has 0 radical (unpaired) electrons. The number of carbonyl (C=O) groups excluding carboxylic acids is 1. The van der Waals surface area contributed by atoms with Crippen molar-refractivity contribution in [3.05, 3.63) is 42.1 Å². The van der Waals surface area contributed by atoms with Crippen LogP contribution in [0.25, 0.3) is 0 Å². The second-order valence-electron chi connectivity index (χ2n) is 5.08. The summed E-state index contributed by atoms with van der Waals surface area (Å²) in [5.74, 6) is -2.13. The molecule has 120 valence electrons. The van der Waals surface area contributed by atoms with Gasteiger partial charge in [-0.3, -0.25) is 0 Å². The predicted molar refractivity (Wildman–Crippen MR) is 71.4 cm³/mol. The summed E-state index contributed by atoms with van der Waals surface area (Å²) in [6.45, 7) is 6.15. The van der Waals surface area contributed by atoms with Crippen molar-refractivity contribution in [2.24, 2.45) is 0 Å². The Labute approximate surface area is 121 Å². The van der Waals surface area contributed by atoms with E-state index in [4.69, 9.17) is 0 Å². The molecule has 0 aromatic carbocycles. The maximum absolute atomic E-state index is 12.1. The molecule has 0 saturated carbocycles. The molecule has 11 heteroatoms. The molecule has 0 amide bonds. The maximum Gasteiger partial charge on any atom is 0.443 e. The highest BCUT2D eigenvalue weighted by molar-refractivity contribution is 5.75. The van der Waals surface area contributed by atoms with Crippen molar-refractivity contribution >= 4 is 6.03 Å². The number of hydrogen-bond donors (Lipinski definition) is 0. The van der Waals surface area contributed by atoms with E-state index in [0.717, 1.165) is 0 Å². The highest BCUT2D eigenvalue weighted by atomic mass is 16.6. The van der Waals surface area contributed by atoms with E-state index in [1.807, 2.05) is 0 Å². The van der Waals surface area contributed by atoms with Gasteiger partial charge in [0, 0.05) is 12.1 Å². The van der Waals surface area contributed by atoms with Gasteiger partial charge in [0.2, 0.25) is 0 Å². The van der Waals surface area contributed by atoms with Crippen LogP contribution in [0.5, 0.6) is 0 Å². The Morgan fingerprint density at radius 2 is 1.09 bits per heavy atom. The fourth-order valence-electron chi connectivity index (χ4n) is 1.86. The minimum atomic E-state index is -1.39. The van der Waals surface area contributed by atoms with Crippen LogP contribution in [-0.2, 0) is 0 Å². The smallest absolute Gasteiger partial charge is 0.307 e. The number of carbonyl (C=O) groups is 1. The standard InChI is InChI=1S/C11H14N4O7/c1-5(2)12-7(16)14(21-10(12)19)9(18)15-8(17)13(6(3)4)11(20)22-15/h5-6H,1-4H3. The molecular formula is C11H14N4O7. The molecular weight excluding hydrogens is 300 g/mol. The third-order valence-electron chi connectivity index (χ3n) is 2.87. The first-order chi connectivity index (χ1) is 10.2. The third-order valence-corrected chi connectivity index (χ3v) is 2.87. The van der Waals surface area contributed by atoms with Gasteiger partial charge in [-0.25, -0.2) is 33.1 Å². The zero-order valence-electron chi connectivity index (χ0n) is 12.3. The third kappa shape index (κ3) is 2.19. The molecule has 0 bridgehead atoms. The molecule has 2 aromatic rings. The molecule has 0 unspecified atom stereocenters. The van der Waals surface area contributed by atoms with Gasteiger partial charge in [0.25, 0.3) is 0 Å². The van der Waals surface area contributed by atoms with Crippen molar-refractivity contribution in [2.75, 3.05) is 0 Å². The van der Waals surface area contributed by atoms with Crippen LogP contribution in [0, 0.1) is 0 Å². The Hall–Kier alpha value is -2.85. The molecule has 0 saturated heterocycles. The van der Waals surface area contributed by atoms with E-state index in [0.29, 0.717) is 9.13 Å². The van der Waals surface area contributed by atoms with Crippen molar-refractivity contribution in [1.29, 1.82) is 0 Å². The normalized spacial score (nSPS) is 11.5. The first kappa shape index (κ1) is 15.5. The molecule has 0 aliphatic rings. The minimum absolute atomic E-state index is 0.0668. The van der Waals surface area contributed by atoms with Crippen LogP contribution in [0.2, 0.25) is 0 Å². The summed E-state index contributed by atoms with van der Waals surface area (Å²) >= 11 is 0. The van der Waals surface area contributed by atoms with Gasteiger partial charge in [-0.1, -0.05) is 9.48 Å². The Balaban J connectivity index is 2.65. The lowest BCUT2D eigenvalue weighted by Crippen LogP contribution is -2.38. The Morgan fingerprint density at radius 3 is 1.32 bits per heavy atom. The van der Waals surface area contributed by atoms with E-state index >= 15 is 0 Å². The van der Waals surface area contributed by atoms with Gasteiger partial charge >= 0.3 is 28.9 Å². The Kier molecular flexibility index (Phi) is 3.65. The first-order valence-electron chi connectivity index (χ1n) is 6.41. The molecule has 2 heterocycles. The molecule has 0 N–H and O–H groups in total. The summed E-state index contributed by atoms with van der Waals surface area (Å²) in [5, 5.41) is 0. The number of rotatable bonds is 2. The lowest BCUT2D eigenvalue weighted by Gasteiger charge is -2.00. The van der Waals surface area contributed by atoms with Crippen molar-refractivity contribution in [1.82, 2.24) is 18.6 Å². The molecule has 0 fully saturated rings. The predicted octanol–water partition coefficient (Wildman–Crippen LogP) is -0.802. The van der Waals surface area contributed by atoms with Gasteiger partial charge in [0.05, 0.1) is 0 Å². The van der Waals surface area contributed by atoms with Crippen LogP contribution >= 0.6 is 0 Å². The van der Waals surface area contributed by atoms with E-state index in [1.165, 1.54) is 27.7 Å². The molecule has 22 heavy (non-hydrogen) atoms. The number of nitrogens with zero attached hydrogens (tertiary/aromatic N) is 4. The molecule has 2 rings (SSSR count). The van der Waals surface area contributed by atoms with Crippen LogP contribution in [0.1, 0.15) is 39.8 Å². The van der Waals surface area contributed by atoms with E-state index in [9.17, 15) is 24.0 Å². The van der Waals surface area contributed by atoms with Gasteiger partial charge in [0.15, 0.2) is 0 Å². The summed E-state index contributed by atoms with van der Waals surface area (Å²) in [5.41, 5.74) is -2.14. The summed E-state index contributed by atoms with van der Waals surface area (Å²) in [6.07, 6.45) is 0. The van der Waals surface area contributed by atoms with Gasteiger partial charge in [-0.15, -0.1) is 0 Å². The number of aromatic nitrogens is 4. The van der Waals surface area contributed by atoms with Crippen molar-refractivity contribution in [3.63, 3.8) is 0 Å². The van der Waals surface area contributed by atoms with E-state index in [-0.39, 0.29) is 9.48 Å². The second-order valence-corrected chi connectivity index (χ2v) is 5.08. The Bertz CT molecular complexity index is 866. The maximum atomic E-state index is 12.1. The fraction of sp³-hybridized carbons (Fsp3) is 0.545. The summed E-state index contributed by atoms with van der Waals surface area (Å²) in [6, 6.07) is -2.49. The van der Waals surface area contributed by atoms with Crippen LogP contribution < -0.4 is 22.9 Å². The molecule has 0 aliphatic heterocycles. The highest BCUT2D eigenvalue weighted by Gasteiger charge is 2.26. The first-order valence-corrected chi connectivity index (χ1v) is 6.41. The SMILES string of the molecule is CC(C)n1c(=O)on(C(=O)n2oc(=O)n(C(C)C)c2=O)c1=O. The minimum Gasteiger partial charge on any atom is -0.307 e. The van der Waals surface area contributed by atoms with E-state index in [1.54, 1.807) is 0 Å². The lowest BCUT2D eigenvalue weighted by molar-refractivity contribution is 0.173. The van der Waals surface area contributed by atoms with Crippen molar-refractivity contribution in [3.8, 4) is 0 Å².